The summed E-state index contributed by atoms with van der Waals surface area (Å²) in [7, 11) is 0. The average Bonchev–Trinajstić information content (AvgIpc) is 2.65. The van der Waals surface area contributed by atoms with Crippen LogP contribution in [-0.2, 0) is 6.54 Å². The minimum atomic E-state index is -0.295. The molecule has 1 N–H and O–H groups in total. The Bertz CT molecular complexity index is 620. The Morgan fingerprint density at radius 3 is 2.60 bits per heavy atom. The Morgan fingerprint density at radius 1 is 1.35 bits per heavy atom. The first kappa shape index (κ1) is 14.9. The molecule has 0 aliphatic carbocycles. The molecular weight excluding hydrogens is 277 g/mol. The molecule has 5 heteroatoms. The van der Waals surface area contributed by atoms with Gasteiger partial charge in [-0.2, -0.15) is 5.10 Å². The summed E-state index contributed by atoms with van der Waals surface area (Å²) in [6.45, 7) is 8.55. The Labute approximate surface area is 123 Å². The molecule has 0 aliphatic rings. The maximum absolute atomic E-state index is 13.7. The first-order valence-electron chi connectivity index (χ1n) is 6.63. The normalized spacial score (nSPS) is 11.2. The highest BCUT2D eigenvalue weighted by Gasteiger charge is 2.13. The molecule has 2 rings (SSSR count). The van der Waals surface area contributed by atoms with Gasteiger partial charge in [0.2, 0.25) is 0 Å². The molecule has 0 spiro atoms. The molecule has 0 bridgehead atoms. The second-order valence-electron chi connectivity index (χ2n) is 5.17. The van der Waals surface area contributed by atoms with Crippen LogP contribution in [-0.4, -0.2) is 9.78 Å². The van der Waals surface area contributed by atoms with Crippen molar-refractivity contribution in [1.82, 2.24) is 9.78 Å². The number of hydrogen-bond acceptors (Lipinski definition) is 2. The van der Waals surface area contributed by atoms with Crippen molar-refractivity contribution < 1.29 is 4.39 Å². The zero-order valence-electron chi connectivity index (χ0n) is 12.2. The van der Waals surface area contributed by atoms with Gasteiger partial charge < -0.3 is 5.32 Å². The summed E-state index contributed by atoms with van der Waals surface area (Å²) in [5.41, 5.74) is 3.54. The molecule has 108 valence electrons. The summed E-state index contributed by atoms with van der Waals surface area (Å²) in [6.07, 6.45) is 0. The predicted molar refractivity (Wildman–Crippen MR) is 80.8 cm³/mol. The van der Waals surface area contributed by atoms with Crippen LogP contribution < -0.4 is 5.32 Å². The number of hydrogen-bond donors (Lipinski definition) is 1. The van der Waals surface area contributed by atoms with Crippen LogP contribution in [0.1, 0.15) is 36.8 Å². The van der Waals surface area contributed by atoms with Gasteiger partial charge in [-0.15, -0.1) is 0 Å². The Hall–Kier alpha value is -1.55. The van der Waals surface area contributed by atoms with E-state index in [2.05, 4.69) is 24.3 Å². The van der Waals surface area contributed by atoms with Crippen molar-refractivity contribution >= 4 is 17.3 Å². The summed E-state index contributed by atoms with van der Waals surface area (Å²) in [4.78, 5) is 0. The van der Waals surface area contributed by atoms with Crippen LogP contribution >= 0.6 is 11.6 Å². The quantitative estimate of drug-likeness (QED) is 0.901. The monoisotopic (exact) mass is 295 g/mol. The maximum atomic E-state index is 13.7. The minimum absolute atomic E-state index is 0.295. The molecule has 1 aromatic heterocycles. The highest BCUT2D eigenvalue weighted by molar-refractivity contribution is 6.30. The molecule has 0 saturated carbocycles. The smallest absolute Gasteiger partial charge is 0.129 e. The molecule has 0 aliphatic heterocycles. The molecule has 0 saturated heterocycles. The van der Waals surface area contributed by atoms with Gasteiger partial charge in [-0.25, -0.2) is 4.39 Å². The van der Waals surface area contributed by atoms with Gasteiger partial charge in [0, 0.05) is 23.2 Å². The SMILES string of the molecule is Cc1nn(C(C)C)c(C)c1NCc1ccc(Cl)cc1F. The van der Waals surface area contributed by atoms with E-state index in [9.17, 15) is 4.39 Å². The Morgan fingerprint density at radius 2 is 2.05 bits per heavy atom. The number of benzene rings is 1. The van der Waals surface area contributed by atoms with Crippen molar-refractivity contribution in [2.75, 3.05) is 5.32 Å². The summed E-state index contributed by atoms with van der Waals surface area (Å²) in [5, 5.41) is 8.17. The highest BCUT2D eigenvalue weighted by atomic mass is 35.5. The number of rotatable bonds is 4. The van der Waals surface area contributed by atoms with Gasteiger partial charge in [-0.1, -0.05) is 17.7 Å². The molecule has 0 amide bonds. The van der Waals surface area contributed by atoms with E-state index in [1.165, 1.54) is 6.07 Å². The van der Waals surface area contributed by atoms with Gasteiger partial charge in [0.25, 0.3) is 0 Å². The lowest BCUT2D eigenvalue weighted by Gasteiger charge is -2.10. The zero-order valence-corrected chi connectivity index (χ0v) is 12.9. The van der Waals surface area contributed by atoms with Crippen molar-refractivity contribution in [2.45, 2.75) is 40.3 Å². The molecule has 2 aromatic rings. The third-order valence-corrected chi connectivity index (χ3v) is 3.52. The fraction of sp³-hybridized carbons (Fsp3) is 0.400. The number of nitrogens with zero attached hydrogens (tertiary/aromatic N) is 2. The topological polar surface area (TPSA) is 29.9 Å². The minimum Gasteiger partial charge on any atom is -0.378 e. The first-order chi connectivity index (χ1) is 9.40. The van der Waals surface area contributed by atoms with E-state index in [-0.39, 0.29) is 5.82 Å². The van der Waals surface area contributed by atoms with Gasteiger partial charge in [0.15, 0.2) is 0 Å². The fourth-order valence-corrected chi connectivity index (χ4v) is 2.43. The van der Waals surface area contributed by atoms with Gasteiger partial charge in [0.1, 0.15) is 5.82 Å². The lowest BCUT2D eigenvalue weighted by atomic mass is 10.2. The van der Waals surface area contributed by atoms with Crippen molar-refractivity contribution in [2.24, 2.45) is 0 Å². The van der Waals surface area contributed by atoms with Gasteiger partial charge >= 0.3 is 0 Å². The lowest BCUT2D eigenvalue weighted by molar-refractivity contribution is 0.516. The zero-order chi connectivity index (χ0) is 14.9. The Balaban J connectivity index is 2.19. The highest BCUT2D eigenvalue weighted by Crippen LogP contribution is 2.23. The molecule has 1 aromatic carbocycles. The van der Waals surface area contributed by atoms with E-state index < -0.39 is 0 Å². The largest absolute Gasteiger partial charge is 0.378 e. The number of halogens is 2. The standard InChI is InChI=1S/C15H19ClFN3/c1-9(2)20-11(4)15(10(3)19-20)18-8-12-5-6-13(16)7-14(12)17/h5-7,9,18H,8H2,1-4H3. The van der Waals surface area contributed by atoms with Gasteiger partial charge in [-0.3, -0.25) is 4.68 Å². The third-order valence-electron chi connectivity index (χ3n) is 3.28. The van der Waals surface area contributed by atoms with Crippen molar-refractivity contribution in [3.63, 3.8) is 0 Å². The summed E-state index contributed by atoms with van der Waals surface area (Å²) >= 11 is 5.75. The van der Waals surface area contributed by atoms with Crippen LogP contribution in [0.4, 0.5) is 10.1 Å². The molecule has 0 unspecified atom stereocenters. The van der Waals surface area contributed by atoms with Crippen molar-refractivity contribution in [3.05, 3.63) is 46.0 Å². The predicted octanol–water partition coefficient (Wildman–Crippen LogP) is 4.49. The van der Waals surface area contributed by atoms with Crippen LogP contribution in [0.2, 0.25) is 5.02 Å². The van der Waals surface area contributed by atoms with E-state index in [1.54, 1.807) is 12.1 Å². The summed E-state index contributed by atoms with van der Waals surface area (Å²) < 4.78 is 15.7. The molecule has 1 heterocycles. The Kier molecular flexibility index (Phi) is 4.33. The second-order valence-corrected chi connectivity index (χ2v) is 5.61. The summed E-state index contributed by atoms with van der Waals surface area (Å²) in [5.74, 6) is -0.295. The molecule has 20 heavy (non-hydrogen) atoms. The van der Waals surface area contributed by atoms with Gasteiger partial charge in [-0.05, 0) is 39.8 Å². The van der Waals surface area contributed by atoms with Gasteiger partial charge in [0.05, 0.1) is 17.1 Å². The fourth-order valence-electron chi connectivity index (χ4n) is 2.27. The molecule has 0 fully saturated rings. The van der Waals surface area contributed by atoms with Crippen molar-refractivity contribution in [3.8, 4) is 0 Å². The van der Waals surface area contributed by atoms with Crippen molar-refractivity contribution in [1.29, 1.82) is 0 Å². The number of nitrogens with one attached hydrogen (secondary N) is 1. The lowest BCUT2D eigenvalue weighted by Crippen LogP contribution is -2.06. The molecule has 3 nitrogen and oxygen atoms in total. The summed E-state index contributed by atoms with van der Waals surface area (Å²) in [6, 6.07) is 5.02. The number of anilines is 1. The molecule has 0 radical (unpaired) electrons. The van der Waals surface area contributed by atoms with E-state index >= 15 is 0 Å². The number of aromatic nitrogens is 2. The molecule has 0 atom stereocenters. The average molecular weight is 296 g/mol. The van der Waals surface area contributed by atoms with Crippen LogP contribution in [0.25, 0.3) is 0 Å². The van der Waals surface area contributed by atoms with E-state index in [0.717, 1.165) is 17.1 Å². The van der Waals surface area contributed by atoms with Crippen LogP contribution in [0, 0.1) is 19.7 Å². The second kappa shape index (κ2) is 5.83. The maximum Gasteiger partial charge on any atom is 0.129 e. The molecular formula is C15H19ClFN3. The third kappa shape index (κ3) is 2.96. The first-order valence-corrected chi connectivity index (χ1v) is 7.01. The van der Waals surface area contributed by atoms with Crippen LogP contribution in [0.3, 0.4) is 0 Å². The van der Waals surface area contributed by atoms with Crippen LogP contribution in [0.15, 0.2) is 18.2 Å². The van der Waals surface area contributed by atoms with Crippen LogP contribution in [0.5, 0.6) is 0 Å². The van der Waals surface area contributed by atoms with E-state index in [4.69, 9.17) is 11.6 Å². The number of aryl methyl sites for hydroxylation is 1. The van der Waals surface area contributed by atoms with E-state index in [1.807, 2.05) is 18.5 Å². The van der Waals surface area contributed by atoms with E-state index in [0.29, 0.717) is 23.2 Å².